The molecule has 51 heavy (non-hydrogen) atoms. The van der Waals surface area contributed by atoms with Gasteiger partial charge in [-0.05, 0) is 76.6 Å². The summed E-state index contributed by atoms with van der Waals surface area (Å²) in [5, 5.41) is 28.6. The second-order valence-electron chi connectivity index (χ2n) is 14.1. The van der Waals surface area contributed by atoms with Crippen molar-refractivity contribution in [2.45, 2.75) is 63.7 Å². The van der Waals surface area contributed by atoms with Gasteiger partial charge in [-0.1, -0.05) is 86.4 Å². The fourth-order valence-electron chi connectivity index (χ4n) is 7.12. The van der Waals surface area contributed by atoms with Crippen molar-refractivity contribution in [3.8, 4) is 0 Å². The van der Waals surface area contributed by atoms with Crippen molar-refractivity contribution in [3.63, 3.8) is 0 Å². The predicted octanol–water partition coefficient (Wildman–Crippen LogP) is 7.57. The van der Waals surface area contributed by atoms with Crippen LogP contribution in [0, 0.1) is 17.0 Å². The zero-order chi connectivity index (χ0) is 37.1. The fourth-order valence-corrected chi connectivity index (χ4v) is 7.46. The van der Waals surface area contributed by atoms with Crippen LogP contribution in [0.15, 0.2) is 84.9 Å². The van der Waals surface area contributed by atoms with E-state index >= 15 is 8.78 Å². The van der Waals surface area contributed by atoms with Crippen LogP contribution in [0.25, 0.3) is 0 Å². The minimum Gasteiger partial charge on any atom is -0.478 e. The Kier molecular flexibility index (Phi) is 11.5. The first-order valence-electron chi connectivity index (χ1n) is 16.4. The zero-order valence-corrected chi connectivity index (χ0v) is 29.8. The summed E-state index contributed by atoms with van der Waals surface area (Å²) >= 11 is 12.6. The third kappa shape index (κ3) is 8.42. The minimum absolute atomic E-state index is 0.0354. The van der Waals surface area contributed by atoms with Gasteiger partial charge in [0, 0.05) is 42.0 Å². The average Bonchev–Trinajstić information content (AvgIpc) is 3.37. The van der Waals surface area contributed by atoms with E-state index in [1.807, 2.05) is 20.8 Å². The van der Waals surface area contributed by atoms with Crippen molar-refractivity contribution in [1.29, 1.82) is 0 Å². The number of rotatable bonds is 12. The molecule has 0 saturated carbocycles. The van der Waals surface area contributed by atoms with Gasteiger partial charge in [0.1, 0.15) is 11.6 Å². The first-order chi connectivity index (χ1) is 24.1. The number of hydrogen-bond acceptors (Lipinski definition) is 5. The standard InChI is InChI=1S/C39H39Cl2F2N3O5/c1-38(2,3)18-31-39(28-15-14-26(40)17-30(28)42,21-44-19-23-6-4-7-25(16-23)37(50)51)32(27-8-5-9-29(41)33(27)43)34(46-31)35(47)45-20-22-10-12-24(13-11-22)36(48)49/h4-17,31-32,34,44,46H,18-21H2,1-3H3,(H,45,47)(H,48,49)(H,50,51)/t31-,32-,34+,39-/m0/s1. The lowest BCUT2D eigenvalue weighted by molar-refractivity contribution is -0.123. The second-order valence-corrected chi connectivity index (χ2v) is 14.9. The maximum Gasteiger partial charge on any atom is 0.335 e. The maximum atomic E-state index is 16.4. The smallest absolute Gasteiger partial charge is 0.335 e. The molecule has 1 amide bonds. The van der Waals surface area contributed by atoms with Crippen molar-refractivity contribution in [2.24, 2.45) is 5.41 Å². The highest BCUT2D eigenvalue weighted by Gasteiger charge is 2.60. The summed E-state index contributed by atoms with van der Waals surface area (Å²) in [5.74, 6) is -5.03. The third-order valence-corrected chi connectivity index (χ3v) is 9.85. The number of carbonyl (C=O) groups excluding carboxylic acids is 1. The molecule has 1 aliphatic rings. The van der Waals surface area contributed by atoms with Crippen molar-refractivity contribution in [1.82, 2.24) is 16.0 Å². The molecule has 4 atom stereocenters. The molecule has 5 rings (SSSR count). The van der Waals surface area contributed by atoms with Crippen LogP contribution < -0.4 is 16.0 Å². The molecular formula is C39H39Cl2F2N3O5. The minimum atomic E-state index is -1.33. The predicted molar refractivity (Wildman–Crippen MR) is 192 cm³/mol. The average molecular weight is 739 g/mol. The van der Waals surface area contributed by atoms with Crippen molar-refractivity contribution >= 4 is 41.0 Å². The molecule has 0 bridgehead atoms. The molecule has 1 aliphatic heterocycles. The van der Waals surface area contributed by atoms with Crippen molar-refractivity contribution in [2.75, 3.05) is 6.54 Å². The Labute approximate surface area is 305 Å². The summed E-state index contributed by atoms with van der Waals surface area (Å²) in [5.41, 5.74) is 0.150. The van der Waals surface area contributed by atoms with E-state index in [1.54, 1.807) is 48.5 Å². The van der Waals surface area contributed by atoms with Gasteiger partial charge in [0.15, 0.2) is 0 Å². The van der Waals surface area contributed by atoms with E-state index in [0.29, 0.717) is 17.5 Å². The van der Waals surface area contributed by atoms with Gasteiger partial charge in [-0.3, -0.25) is 4.79 Å². The summed E-state index contributed by atoms with van der Waals surface area (Å²) in [4.78, 5) is 37.3. The van der Waals surface area contributed by atoms with Gasteiger partial charge < -0.3 is 26.2 Å². The summed E-state index contributed by atoms with van der Waals surface area (Å²) in [6.45, 7) is 6.33. The Bertz CT molecular complexity index is 1940. The zero-order valence-electron chi connectivity index (χ0n) is 28.3. The van der Waals surface area contributed by atoms with Crippen LogP contribution in [0.4, 0.5) is 8.78 Å². The first-order valence-corrected chi connectivity index (χ1v) is 17.1. The number of carboxylic acids is 2. The summed E-state index contributed by atoms with van der Waals surface area (Å²) < 4.78 is 32.7. The van der Waals surface area contributed by atoms with Crippen molar-refractivity contribution < 1.29 is 33.4 Å². The molecule has 268 valence electrons. The lowest BCUT2D eigenvalue weighted by atomic mass is 9.61. The number of hydrogen-bond donors (Lipinski definition) is 5. The topological polar surface area (TPSA) is 128 Å². The van der Waals surface area contributed by atoms with Gasteiger partial charge in [0.05, 0.1) is 22.2 Å². The summed E-state index contributed by atoms with van der Waals surface area (Å²) in [7, 11) is 0. The normalized spacial score (nSPS) is 20.3. The van der Waals surface area contributed by atoms with Gasteiger partial charge in [0.25, 0.3) is 0 Å². The van der Waals surface area contributed by atoms with Crippen LogP contribution in [-0.4, -0.2) is 46.7 Å². The molecule has 0 aliphatic carbocycles. The van der Waals surface area contributed by atoms with Gasteiger partial charge in [-0.15, -0.1) is 0 Å². The highest BCUT2D eigenvalue weighted by Crippen LogP contribution is 2.53. The molecule has 8 nitrogen and oxygen atoms in total. The Hall–Kier alpha value is -4.35. The molecule has 12 heteroatoms. The molecule has 5 N–H and O–H groups in total. The van der Waals surface area contributed by atoms with Crippen LogP contribution in [-0.2, 0) is 23.3 Å². The first kappa shape index (κ1) is 37.9. The van der Waals surface area contributed by atoms with Gasteiger partial charge in [-0.2, -0.15) is 0 Å². The number of benzene rings is 4. The molecule has 4 aromatic carbocycles. The third-order valence-electron chi connectivity index (χ3n) is 9.33. The van der Waals surface area contributed by atoms with E-state index in [4.69, 9.17) is 23.2 Å². The molecular weight excluding hydrogens is 699 g/mol. The largest absolute Gasteiger partial charge is 0.478 e. The Morgan fingerprint density at radius 2 is 1.53 bits per heavy atom. The molecule has 0 unspecified atom stereocenters. The molecule has 0 radical (unpaired) electrons. The van der Waals surface area contributed by atoms with Crippen LogP contribution in [0.2, 0.25) is 10.0 Å². The molecule has 1 heterocycles. The highest BCUT2D eigenvalue weighted by atomic mass is 35.5. The number of amides is 1. The number of nitrogens with one attached hydrogen (secondary N) is 3. The van der Waals surface area contributed by atoms with Crippen LogP contribution in [0.5, 0.6) is 0 Å². The van der Waals surface area contributed by atoms with Crippen LogP contribution in [0.1, 0.15) is 76.1 Å². The fraction of sp³-hybridized carbons (Fsp3) is 0.308. The number of carboxylic acid groups (broad SMARTS) is 2. The van der Waals surface area contributed by atoms with E-state index in [1.165, 1.54) is 36.4 Å². The number of aromatic carboxylic acids is 2. The Balaban J connectivity index is 1.65. The van der Waals surface area contributed by atoms with E-state index in [2.05, 4.69) is 16.0 Å². The lowest BCUT2D eigenvalue weighted by Gasteiger charge is -2.43. The molecule has 1 saturated heterocycles. The van der Waals surface area contributed by atoms with Crippen molar-refractivity contribution in [3.05, 3.63) is 140 Å². The molecule has 0 aromatic heterocycles. The number of carbonyl (C=O) groups is 3. The van der Waals surface area contributed by atoms with Crippen LogP contribution >= 0.6 is 23.2 Å². The monoisotopic (exact) mass is 737 g/mol. The van der Waals surface area contributed by atoms with Gasteiger partial charge in [0.2, 0.25) is 5.91 Å². The molecule has 1 fully saturated rings. The molecule has 0 spiro atoms. The molecule has 4 aromatic rings. The Morgan fingerprint density at radius 1 is 0.843 bits per heavy atom. The lowest BCUT2D eigenvalue weighted by Crippen LogP contribution is -2.51. The highest BCUT2D eigenvalue weighted by molar-refractivity contribution is 6.31. The maximum absolute atomic E-state index is 16.4. The van der Waals surface area contributed by atoms with E-state index in [0.717, 1.165) is 0 Å². The van der Waals surface area contributed by atoms with E-state index in [9.17, 15) is 24.6 Å². The van der Waals surface area contributed by atoms with Crippen LogP contribution in [0.3, 0.4) is 0 Å². The summed E-state index contributed by atoms with van der Waals surface area (Å²) in [6, 6.07) is 19.7. The quantitative estimate of drug-likeness (QED) is 0.102. The van der Waals surface area contributed by atoms with E-state index < -0.39 is 52.9 Å². The SMILES string of the molecule is CC(C)(C)C[C@@H]1N[C@@H](C(=O)NCc2ccc(C(=O)O)cc2)[C@H](c2cccc(Cl)c2F)[C@@]1(CNCc1cccc(C(=O)O)c1)c1ccc(Cl)cc1F. The van der Waals surface area contributed by atoms with E-state index in [-0.39, 0.29) is 57.3 Å². The van der Waals surface area contributed by atoms with Gasteiger partial charge in [-0.25, -0.2) is 18.4 Å². The van der Waals surface area contributed by atoms with Gasteiger partial charge >= 0.3 is 11.9 Å². The number of halogens is 4. The summed E-state index contributed by atoms with van der Waals surface area (Å²) in [6.07, 6.45) is 0.435. The second kappa shape index (κ2) is 15.5. The Morgan fingerprint density at radius 3 is 2.18 bits per heavy atom.